The van der Waals surface area contributed by atoms with Crippen LogP contribution in [0.25, 0.3) is 11.3 Å². The maximum Gasteiger partial charge on any atom is 0.222 e. The number of fused-ring (bicyclic) bond motifs is 1. The van der Waals surface area contributed by atoms with Gasteiger partial charge in [0.25, 0.3) is 0 Å². The maximum atomic E-state index is 12.6. The highest BCUT2D eigenvalue weighted by atomic mass is 16.2. The molecular formula is C20H23N5O. The van der Waals surface area contributed by atoms with Crippen molar-refractivity contribution in [3.8, 4) is 11.3 Å². The summed E-state index contributed by atoms with van der Waals surface area (Å²) in [6.07, 6.45) is 6.77. The summed E-state index contributed by atoms with van der Waals surface area (Å²) in [6, 6.07) is 12.1. The zero-order valence-corrected chi connectivity index (χ0v) is 14.8. The fourth-order valence-electron chi connectivity index (χ4n) is 3.55. The Morgan fingerprint density at radius 1 is 1.12 bits per heavy atom. The second-order valence-electron chi connectivity index (χ2n) is 6.65. The number of aromatic amines is 1. The number of aryl methyl sites for hydroxylation is 1. The predicted octanol–water partition coefficient (Wildman–Crippen LogP) is 2.68. The molecule has 0 atom stereocenters. The molecule has 0 spiro atoms. The summed E-state index contributed by atoms with van der Waals surface area (Å²) >= 11 is 0. The molecule has 0 unspecified atom stereocenters. The molecular weight excluding hydrogens is 326 g/mol. The molecule has 6 nitrogen and oxygen atoms in total. The van der Waals surface area contributed by atoms with Crippen molar-refractivity contribution < 1.29 is 4.79 Å². The number of nitrogens with one attached hydrogen (secondary N) is 1. The Hall–Kier alpha value is -2.89. The van der Waals surface area contributed by atoms with Gasteiger partial charge in [-0.3, -0.25) is 14.6 Å². The number of benzene rings is 1. The van der Waals surface area contributed by atoms with E-state index in [-0.39, 0.29) is 5.91 Å². The molecule has 134 valence electrons. The smallest absolute Gasteiger partial charge is 0.222 e. The Morgan fingerprint density at radius 2 is 1.96 bits per heavy atom. The lowest BCUT2D eigenvalue weighted by Crippen LogP contribution is -2.33. The van der Waals surface area contributed by atoms with Gasteiger partial charge in [0.2, 0.25) is 5.91 Å². The molecule has 0 radical (unpaired) electrons. The van der Waals surface area contributed by atoms with E-state index in [1.54, 1.807) is 6.20 Å². The lowest BCUT2D eigenvalue weighted by molar-refractivity contribution is -0.131. The summed E-state index contributed by atoms with van der Waals surface area (Å²) in [5, 5.41) is 11.9. The van der Waals surface area contributed by atoms with E-state index in [0.717, 1.165) is 55.8 Å². The van der Waals surface area contributed by atoms with E-state index in [1.165, 1.54) is 5.56 Å². The van der Waals surface area contributed by atoms with Crippen LogP contribution in [-0.4, -0.2) is 43.9 Å². The third-order valence-corrected chi connectivity index (χ3v) is 4.95. The summed E-state index contributed by atoms with van der Waals surface area (Å²) in [6.45, 7) is 2.30. The first-order valence-electron chi connectivity index (χ1n) is 9.18. The van der Waals surface area contributed by atoms with Crippen molar-refractivity contribution in [3.63, 3.8) is 0 Å². The Balaban J connectivity index is 1.37. The van der Waals surface area contributed by atoms with E-state index in [4.69, 9.17) is 0 Å². The molecule has 0 fully saturated rings. The van der Waals surface area contributed by atoms with Gasteiger partial charge in [0, 0.05) is 61.7 Å². The van der Waals surface area contributed by atoms with Crippen LogP contribution in [0.2, 0.25) is 0 Å². The topological polar surface area (TPSA) is 66.8 Å². The molecule has 0 aliphatic carbocycles. The van der Waals surface area contributed by atoms with Crippen molar-refractivity contribution >= 4 is 5.91 Å². The second-order valence-corrected chi connectivity index (χ2v) is 6.65. The van der Waals surface area contributed by atoms with Crippen molar-refractivity contribution in [3.05, 3.63) is 60.0 Å². The molecule has 0 bridgehead atoms. The number of H-pyrrole nitrogens is 1. The Kier molecular flexibility index (Phi) is 4.82. The molecule has 1 amide bonds. The lowest BCUT2D eigenvalue weighted by Gasteiger charge is -2.20. The molecule has 0 saturated carbocycles. The van der Waals surface area contributed by atoms with Crippen molar-refractivity contribution in [2.45, 2.75) is 32.2 Å². The molecule has 3 aromatic rings. The van der Waals surface area contributed by atoms with Crippen LogP contribution in [0.15, 0.2) is 48.8 Å². The molecule has 1 aliphatic rings. The molecule has 3 heterocycles. The molecule has 2 aromatic heterocycles. The summed E-state index contributed by atoms with van der Waals surface area (Å²) < 4.78 is 1.87. The van der Waals surface area contributed by atoms with Gasteiger partial charge in [0.15, 0.2) is 0 Å². The van der Waals surface area contributed by atoms with Crippen molar-refractivity contribution in [2.75, 3.05) is 13.1 Å². The summed E-state index contributed by atoms with van der Waals surface area (Å²) in [4.78, 5) is 14.6. The zero-order valence-electron chi connectivity index (χ0n) is 14.8. The van der Waals surface area contributed by atoms with Gasteiger partial charge in [0.05, 0.1) is 5.69 Å². The Morgan fingerprint density at radius 3 is 2.77 bits per heavy atom. The molecule has 1 N–H and O–H groups in total. The third kappa shape index (κ3) is 3.54. The first-order valence-corrected chi connectivity index (χ1v) is 9.18. The van der Waals surface area contributed by atoms with Gasteiger partial charge in [-0.05, 0) is 18.9 Å². The summed E-state index contributed by atoms with van der Waals surface area (Å²) in [5.74, 6) is 0.233. The van der Waals surface area contributed by atoms with Crippen LogP contribution in [0.3, 0.4) is 0 Å². The van der Waals surface area contributed by atoms with Gasteiger partial charge in [-0.15, -0.1) is 0 Å². The number of hydrogen-bond donors (Lipinski definition) is 1. The first kappa shape index (κ1) is 16.6. The van der Waals surface area contributed by atoms with E-state index < -0.39 is 0 Å². The average Bonchev–Trinajstić information content (AvgIpc) is 3.28. The van der Waals surface area contributed by atoms with E-state index >= 15 is 0 Å². The number of rotatable bonds is 5. The fraction of sp³-hybridized carbons (Fsp3) is 0.350. The predicted molar refractivity (Wildman–Crippen MR) is 99.5 cm³/mol. The lowest BCUT2D eigenvalue weighted by atomic mass is 10.0. The van der Waals surface area contributed by atoms with Crippen LogP contribution >= 0.6 is 0 Å². The largest absolute Gasteiger partial charge is 0.342 e. The van der Waals surface area contributed by atoms with Gasteiger partial charge in [-0.25, -0.2) is 0 Å². The van der Waals surface area contributed by atoms with Crippen LogP contribution in [0.5, 0.6) is 0 Å². The normalized spacial score (nSPS) is 14.1. The van der Waals surface area contributed by atoms with E-state index in [0.29, 0.717) is 6.42 Å². The molecule has 4 rings (SSSR count). The number of carbonyl (C=O) groups excluding carboxylic acids is 1. The quantitative estimate of drug-likeness (QED) is 0.770. The highest BCUT2D eigenvalue weighted by molar-refractivity contribution is 5.76. The third-order valence-electron chi connectivity index (χ3n) is 4.95. The minimum absolute atomic E-state index is 0.233. The number of aromatic nitrogens is 4. The molecule has 1 aliphatic heterocycles. The molecule has 1 aromatic carbocycles. The average molecular weight is 349 g/mol. The van der Waals surface area contributed by atoms with Gasteiger partial charge >= 0.3 is 0 Å². The fourth-order valence-corrected chi connectivity index (χ4v) is 3.55. The molecule has 0 saturated heterocycles. The first-order chi connectivity index (χ1) is 12.8. The van der Waals surface area contributed by atoms with E-state index in [1.807, 2.05) is 40.0 Å². The highest BCUT2D eigenvalue weighted by Crippen LogP contribution is 2.26. The minimum atomic E-state index is 0.233. The maximum absolute atomic E-state index is 12.6. The minimum Gasteiger partial charge on any atom is -0.342 e. The Labute approximate surface area is 152 Å². The SMILES string of the molecule is O=C(CCCn1cccn1)N1CCc2[nH]nc(-c3ccccc3)c2CC1. The number of amides is 1. The number of carbonyl (C=O) groups is 1. The summed E-state index contributed by atoms with van der Waals surface area (Å²) in [7, 11) is 0. The van der Waals surface area contributed by atoms with Gasteiger partial charge in [-0.1, -0.05) is 30.3 Å². The van der Waals surface area contributed by atoms with Gasteiger partial charge in [-0.2, -0.15) is 10.2 Å². The van der Waals surface area contributed by atoms with Crippen LogP contribution < -0.4 is 0 Å². The van der Waals surface area contributed by atoms with Crippen molar-refractivity contribution in [1.82, 2.24) is 24.9 Å². The highest BCUT2D eigenvalue weighted by Gasteiger charge is 2.22. The number of nitrogens with zero attached hydrogens (tertiary/aromatic N) is 4. The van der Waals surface area contributed by atoms with Crippen LogP contribution in [0, 0.1) is 0 Å². The van der Waals surface area contributed by atoms with Crippen LogP contribution in [0.4, 0.5) is 0 Å². The number of hydrogen-bond acceptors (Lipinski definition) is 3. The van der Waals surface area contributed by atoms with Crippen molar-refractivity contribution in [2.24, 2.45) is 0 Å². The molecule has 26 heavy (non-hydrogen) atoms. The van der Waals surface area contributed by atoms with Crippen molar-refractivity contribution in [1.29, 1.82) is 0 Å². The molecule has 6 heteroatoms. The zero-order chi connectivity index (χ0) is 17.8. The summed E-state index contributed by atoms with van der Waals surface area (Å²) in [5.41, 5.74) is 4.57. The second kappa shape index (κ2) is 7.56. The standard InChI is InChI=1S/C20H23N5O/c26-19(8-4-12-25-13-5-11-21-25)24-14-9-17-18(10-15-24)22-23-20(17)16-6-2-1-3-7-16/h1-3,5-7,11,13H,4,8-10,12,14-15H2,(H,22,23). The Bertz CT molecular complexity index is 854. The van der Waals surface area contributed by atoms with Gasteiger partial charge in [0.1, 0.15) is 0 Å². The van der Waals surface area contributed by atoms with E-state index in [2.05, 4.69) is 27.4 Å². The van der Waals surface area contributed by atoms with Gasteiger partial charge < -0.3 is 4.90 Å². The van der Waals surface area contributed by atoms with Crippen LogP contribution in [0.1, 0.15) is 24.1 Å². The monoisotopic (exact) mass is 349 g/mol. The van der Waals surface area contributed by atoms with Crippen LogP contribution in [-0.2, 0) is 24.2 Å². The van der Waals surface area contributed by atoms with E-state index in [9.17, 15) is 4.79 Å².